The van der Waals surface area contributed by atoms with Crippen LogP contribution < -0.4 is 5.32 Å². The first-order chi connectivity index (χ1) is 8.70. The predicted octanol–water partition coefficient (Wildman–Crippen LogP) is 1.13. The average molecular weight is 270 g/mol. The molecule has 6 heteroatoms. The molecule has 1 atom stereocenters. The van der Waals surface area contributed by atoms with Crippen molar-refractivity contribution in [2.75, 3.05) is 25.0 Å². The number of halogens is 1. The molecule has 1 amide bonds. The molecule has 1 saturated heterocycles. The van der Waals surface area contributed by atoms with Crippen LogP contribution in [0.3, 0.4) is 0 Å². The van der Waals surface area contributed by atoms with Crippen molar-refractivity contribution >= 4 is 23.2 Å². The fourth-order valence-electron chi connectivity index (χ4n) is 2.16. The van der Waals surface area contributed by atoms with Gasteiger partial charge < -0.3 is 10.4 Å². The van der Waals surface area contributed by atoms with Crippen molar-refractivity contribution in [1.29, 1.82) is 0 Å². The zero-order chi connectivity index (χ0) is 13.0. The molecule has 98 valence electrons. The van der Waals surface area contributed by atoms with E-state index in [0.29, 0.717) is 5.69 Å². The quantitative estimate of drug-likeness (QED) is 0.805. The van der Waals surface area contributed by atoms with Gasteiger partial charge in [0.05, 0.1) is 18.8 Å². The van der Waals surface area contributed by atoms with Gasteiger partial charge in [-0.15, -0.1) is 0 Å². The van der Waals surface area contributed by atoms with E-state index < -0.39 is 0 Å². The Hall–Kier alpha value is -1.17. The lowest BCUT2D eigenvalue weighted by Crippen LogP contribution is -2.38. The number of amides is 1. The molecule has 0 spiro atoms. The average Bonchev–Trinajstić information content (AvgIpc) is 2.79. The summed E-state index contributed by atoms with van der Waals surface area (Å²) >= 11 is 5.86. The summed E-state index contributed by atoms with van der Waals surface area (Å²) < 4.78 is 0. The molecule has 5 nitrogen and oxygen atoms in total. The fraction of sp³-hybridized carbons (Fsp3) is 0.500. The van der Waals surface area contributed by atoms with E-state index in [1.54, 1.807) is 18.3 Å². The number of aliphatic hydroxyl groups is 1. The Morgan fingerprint density at radius 3 is 3.22 bits per heavy atom. The summed E-state index contributed by atoms with van der Waals surface area (Å²) in [5.41, 5.74) is 0.518. The number of aromatic nitrogens is 1. The van der Waals surface area contributed by atoms with Gasteiger partial charge >= 0.3 is 0 Å². The summed E-state index contributed by atoms with van der Waals surface area (Å²) in [5, 5.41) is 12.2. The van der Waals surface area contributed by atoms with E-state index in [4.69, 9.17) is 11.6 Å². The predicted molar refractivity (Wildman–Crippen MR) is 69.6 cm³/mol. The van der Waals surface area contributed by atoms with Crippen LogP contribution >= 0.6 is 11.6 Å². The molecule has 1 aliphatic rings. The zero-order valence-corrected chi connectivity index (χ0v) is 10.7. The number of carbonyl (C=O) groups is 1. The van der Waals surface area contributed by atoms with Gasteiger partial charge in [-0.05, 0) is 31.5 Å². The van der Waals surface area contributed by atoms with Crippen molar-refractivity contribution in [3.63, 3.8) is 0 Å². The lowest BCUT2D eigenvalue weighted by atomic mass is 10.2. The molecular weight excluding hydrogens is 254 g/mol. The number of pyridine rings is 1. The van der Waals surface area contributed by atoms with Gasteiger partial charge in [-0.25, -0.2) is 4.98 Å². The second-order valence-corrected chi connectivity index (χ2v) is 4.70. The highest BCUT2D eigenvalue weighted by Gasteiger charge is 2.25. The SMILES string of the molecule is O=C(CN1CCC[C@@H]1CO)Nc1cccnc1Cl. The minimum Gasteiger partial charge on any atom is -0.395 e. The molecule has 18 heavy (non-hydrogen) atoms. The number of carbonyl (C=O) groups excluding carboxylic acids is 1. The number of nitrogens with zero attached hydrogens (tertiary/aromatic N) is 2. The van der Waals surface area contributed by atoms with Gasteiger partial charge in [-0.1, -0.05) is 11.6 Å². The molecular formula is C12H16ClN3O2. The van der Waals surface area contributed by atoms with Crippen LogP contribution in [0.25, 0.3) is 0 Å². The summed E-state index contributed by atoms with van der Waals surface area (Å²) in [7, 11) is 0. The van der Waals surface area contributed by atoms with Gasteiger partial charge in [0.1, 0.15) is 0 Å². The van der Waals surface area contributed by atoms with Crippen molar-refractivity contribution < 1.29 is 9.90 Å². The minimum absolute atomic E-state index is 0.0973. The van der Waals surface area contributed by atoms with Crippen molar-refractivity contribution in [3.05, 3.63) is 23.5 Å². The first kappa shape index (κ1) is 13.3. The molecule has 1 aromatic heterocycles. The molecule has 2 rings (SSSR count). The van der Waals surface area contributed by atoms with E-state index in [-0.39, 0.29) is 30.3 Å². The van der Waals surface area contributed by atoms with Crippen molar-refractivity contribution in [3.8, 4) is 0 Å². The summed E-state index contributed by atoms with van der Waals surface area (Å²) in [6.45, 7) is 1.22. The largest absolute Gasteiger partial charge is 0.395 e. The van der Waals surface area contributed by atoms with Crippen molar-refractivity contribution in [2.24, 2.45) is 0 Å². The zero-order valence-electron chi connectivity index (χ0n) is 9.97. The summed E-state index contributed by atoms with van der Waals surface area (Å²) in [6, 6.07) is 3.52. The third kappa shape index (κ3) is 3.19. The van der Waals surface area contributed by atoms with Gasteiger partial charge in [0, 0.05) is 12.2 Å². The first-order valence-electron chi connectivity index (χ1n) is 5.96. The van der Waals surface area contributed by atoms with Crippen LogP contribution in [-0.4, -0.2) is 46.6 Å². The van der Waals surface area contributed by atoms with Crippen LogP contribution in [-0.2, 0) is 4.79 Å². The highest BCUT2D eigenvalue weighted by atomic mass is 35.5. The maximum absolute atomic E-state index is 11.9. The normalized spacial score (nSPS) is 20.0. The number of nitrogens with one attached hydrogen (secondary N) is 1. The van der Waals surface area contributed by atoms with Gasteiger partial charge in [-0.2, -0.15) is 0 Å². The number of rotatable bonds is 4. The second kappa shape index (κ2) is 6.13. The molecule has 0 radical (unpaired) electrons. The van der Waals surface area contributed by atoms with Crippen LogP contribution in [0.1, 0.15) is 12.8 Å². The number of aliphatic hydroxyl groups excluding tert-OH is 1. The van der Waals surface area contributed by atoms with Gasteiger partial charge in [0.15, 0.2) is 5.15 Å². The van der Waals surface area contributed by atoms with Crippen LogP contribution in [0.5, 0.6) is 0 Å². The Labute approximate surface area is 111 Å². The molecule has 0 bridgehead atoms. The van der Waals surface area contributed by atoms with Gasteiger partial charge in [-0.3, -0.25) is 9.69 Å². The lowest BCUT2D eigenvalue weighted by molar-refractivity contribution is -0.117. The number of hydrogen-bond donors (Lipinski definition) is 2. The van der Waals surface area contributed by atoms with Crippen molar-refractivity contribution in [2.45, 2.75) is 18.9 Å². The van der Waals surface area contributed by atoms with Gasteiger partial charge in [0.25, 0.3) is 0 Å². The van der Waals surface area contributed by atoms with Crippen LogP contribution in [0, 0.1) is 0 Å². The Bertz CT molecular complexity index is 428. The summed E-state index contributed by atoms with van der Waals surface area (Å²) in [5.74, 6) is -0.134. The molecule has 0 aromatic carbocycles. The third-order valence-electron chi connectivity index (χ3n) is 3.09. The van der Waals surface area contributed by atoms with Crippen LogP contribution in [0.4, 0.5) is 5.69 Å². The maximum atomic E-state index is 11.9. The Balaban J connectivity index is 1.91. The Kier molecular flexibility index (Phi) is 4.52. The lowest BCUT2D eigenvalue weighted by Gasteiger charge is -2.21. The molecule has 0 aliphatic carbocycles. The van der Waals surface area contributed by atoms with E-state index in [2.05, 4.69) is 10.3 Å². The first-order valence-corrected chi connectivity index (χ1v) is 6.34. The maximum Gasteiger partial charge on any atom is 0.238 e. The topological polar surface area (TPSA) is 65.5 Å². The molecule has 1 aliphatic heterocycles. The third-order valence-corrected chi connectivity index (χ3v) is 3.39. The minimum atomic E-state index is -0.134. The number of hydrogen-bond acceptors (Lipinski definition) is 4. The second-order valence-electron chi connectivity index (χ2n) is 4.34. The van der Waals surface area contributed by atoms with E-state index in [1.807, 2.05) is 4.90 Å². The molecule has 0 unspecified atom stereocenters. The molecule has 0 saturated carbocycles. The number of likely N-dealkylation sites (tertiary alicyclic amines) is 1. The Morgan fingerprint density at radius 1 is 1.67 bits per heavy atom. The van der Waals surface area contributed by atoms with Crippen molar-refractivity contribution in [1.82, 2.24) is 9.88 Å². The van der Waals surface area contributed by atoms with E-state index in [9.17, 15) is 9.90 Å². The molecule has 2 heterocycles. The highest BCUT2D eigenvalue weighted by molar-refractivity contribution is 6.32. The van der Waals surface area contributed by atoms with E-state index in [0.717, 1.165) is 19.4 Å². The standard InChI is InChI=1S/C12H16ClN3O2/c13-12-10(4-1-5-14-12)15-11(18)7-16-6-2-3-9(16)8-17/h1,4-5,9,17H,2-3,6-8H2,(H,15,18)/t9-/m1/s1. The molecule has 1 aromatic rings. The Morgan fingerprint density at radius 2 is 2.50 bits per heavy atom. The van der Waals surface area contributed by atoms with Gasteiger partial charge in [0.2, 0.25) is 5.91 Å². The fourth-order valence-corrected chi connectivity index (χ4v) is 2.33. The molecule has 1 fully saturated rings. The van der Waals surface area contributed by atoms with E-state index in [1.165, 1.54) is 0 Å². The molecule has 2 N–H and O–H groups in total. The van der Waals surface area contributed by atoms with Crippen LogP contribution in [0.2, 0.25) is 5.15 Å². The van der Waals surface area contributed by atoms with E-state index >= 15 is 0 Å². The smallest absolute Gasteiger partial charge is 0.238 e. The monoisotopic (exact) mass is 269 g/mol. The summed E-state index contributed by atoms with van der Waals surface area (Å²) in [4.78, 5) is 17.7. The highest BCUT2D eigenvalue weighted by Crippen LogP contribution is 2.19. The number of anilines is 1. The summed E-state index contributed by atoms with van der Waals surface area (Å²) in [6.07, 6.45) is 3.53. The van der Waals surface area contributed by atoms with Crippen LogP contribution in [0.15, 0.2) is 18.3 Å².